The summed E-state index contributed by atoms with van der Waals surface area (Å²) in [6.07, 6.45) is 2.05. The largest absolute Gasteiger partial charge is 0.341 e. The molecule has 1 fully saturated rings. The fourth-order valence-corrected chi connectivity index (χ4v) is 6.43. The van der Waals surface area contributed by atoms with Crippen molar-refractivity contribution >= 4 is 40.3 Å². The first-order valence-electron chi connectivity index (χ1n) is 12.2. The Kier molecular flexibility index (Phi) is 6.38. The van der Waals surface area contributed by atoms with E-state index in [-0.39, 0.29) is 30.2 Å². The minimum atomic E-state index is 0.0751. The summed E-state index contributed by atoms with van der Waals surface area (Å²) in [6, 6.07) is 16.2. The minimum absolute atomic E-state index is 0.0751. The lowest BCUT2D eigenvalue weighted by Crippen LogP contribution is -2.44. The number of para-hydroxylation sites is 3. The second-order valence-corrected chi connectivity index (χ2v) is 10.9. The van der Waals surface area contributed by atoms with Crippen LogP contribution in [0, 0.1) is 11.8 Å². The van der Waals surface area contributed by atoms with Crippen LogP contribution in [0.2, 0.25) is 0 Å². The Labute approximate surface area is 205 Å². The number of nitrogens with zero attached hydrogens (tertiary/aromatic N) is 4. The first-order valence-corrected chi connectivity index (χ1v) is 13.1. The monoisotopic (exact) mass is 476 g/mol. The first kappa shape index (κ1) is 23.0. The van der Waals surface area contributed by atoms with Crippen LogP contribution in [0.25, 0.3) is 11.0 Å². The van der Waals surface area contributed by atoms with Crippen LogP contribution in [0.4, 0.5) is 5.69 Å². The third-order valence-corrected chi connectivity index (χ3v) is 7.90. The van der Waals surface area contributed by atoms with E-state index < -0.39 is 0 Å². The normalized spacial score (nSPS) is 22.3. The van der Waals surface area contributed by atoms with Gasteiger partial charge in [0.15, 0.2) is 5.16 Å². The maximum Gasteiger partial charge on any atom is 0.242 e. The van der Waals surface area contributed by atoms with Gasteiger partial charge in [0, 0.05) is 24.8 Å². The summed E-state index contributed by atoms with van der Waals surface area (Å²) in [6.45, 7) is 8.39. The third kappa shape index (κ3) is 4.45. The van der Waals surface area contributed by atoms with Crippen molar-refractivity contribution in [3.8, 4) is 0 Å². The van der Waals surface area contributed by atoms with Crippen molar-refractivity contribution in [1.82, 2.24) is 14.5 Å². The van der Waals surface area contributed by atoms with Gasteiger partial charge in [-0.05, 0) is 55.4 Å². The van der Waals surface area contributed by atoms with Crippen LogP contribution in [-0.4, -0.2) is 51.1 Å². The van der Waals surface area contributed by atoms with Crippen LogP contribution in [0.3, 0.4) is 0 Å². The van der Waals surface area contributed by atoms with E-state index in [0.29, 0.717) is 11.8 Å². The highest BCUT2D eigenvalue weighted by molar-refractivity contribution is 7.99. The SMILES string of the molecule is C[C@@H]1C[C@H](C)CN(C(=O)Cn2c(SCC(=O)N3c4ccccc4C[C@@H]3C)nc3ccccc32)C1. The number of likely N-dealkylation sites (tertiary alicyclic amines) is 1. The van der Waals surface area contributed by atoms with E-state index in [4.69, 9.17) is 4.98 Å². The van der Waals surface area contributed by atoms with Crippen LogP contribution in [0.5, 0.6) is 0 Å². The van der Waals surface area contributed by atoms with Crippen molar-refractivity contribution in [2.75, 3.05) is 23.7 Å². The summed E-state index contributed by atoms with van der Waals surface area (Å²) in [5.74, 6) is 1.52. The van der Waals surface area contributed by atoms with Gasteiger partial charge in [-0.2, -0.15) is 0 Å². The molecule has 3 heterocycles. The number of benzene rings is 2. The standard InChI is InChI=1S/C27H32N4O2S/c1-18-12-19(2)15-29(14-18)25(32)16-30-24-11-7-5-9-22(24)28-27(30)34-17-26(33)31-20(3)13-21-8-4-6-10-23(21)31/h4-11,18-20H,12-17H2,1-3H3/t18-,19+,20-/m0/s1. The molecule has 0 aliphatic carbocycles. The Morgan fingerprint density at radius 1 is 0.971 bits per heavy atom. The Morgan fingerprint density at radius 2 is 1.68 bits per heavy atom. The zero-order valence-corrected chi connectivity index (χ0v) is 20.9. The Hall–Kier alpha value is -2.80. The molecule has 5 rings (SSSR count). The van der Waals surface area contributed by atoms with Gasteiger partial charge in [0.2, 0.25) is 11.8 Å². The van der Waals surface area contributed by atoms with Gasteiger partial charge in [0.05, 0.1) is 16.8 Å². The lowest BCUT2D eigenvalue weighted by Gasteiger charge is -2.35. The molecule has 0 bridgehead atoms. The number of hydrogen-bond donors (Lipinski definition) is 0. The van der Waals surface area contributed by atoms with Gasteiger partial charge in [0.1, 0.15) is 6.54 Å². The van der Waals surface area contributed by atoms with Gasteiger partial charge in [-0.15, -0.1) is 0 Å². The minimum Gasteiger partial charge on any atom is -0.341 e. The lowest BCUT2D eigenvalue weighted by molar-refractivity contribution is -0.134. The molecule has 3 aromatic rings. The van der Waals surface area contributed by atoms with Crippen molar-refractivity contribution < 1.29 is 9.59 Å². The van der Waals surface area contributed by atoms with Gasteiger partial charge in [-0.1, -0.05) is 55.9 Å². The summed E-state index contributed by atoms with van der Waals surface area (Å²) in [4.78, 5) is 35.2. The van der Waals surface area contributed by atoms with E-state index in [1.807, 2.05) is 56.8 Å². The number of imidazole rings is 1. The number of anilines is 1. The highest BCUT2D eigenvalue weighted by atomic mass is 32.2. The summed E-state index contributed by atoms with van der Waals surface area (Å²) in [5, 5.41) is 0.723. The maximum absolute atomic E-state index is 13.3. The highest BCUT2D eigenvalue weighted by Gasteiger charge is 2.31. The molecule has 2 aliphatic heterocycles. The Bertz CT molecular complexity index is 1210. The molecule has 1 saturated heterocycles. The van der Waals surface area contributed by atoms with E-state index in [1.165, 1.54) is 23.7 Å². The number of rotatable bonds is 5. The first-order chi connectivity index (χ1) is 16.4. The highest BCUT2D eigenvalue weighted by Crippen LogP contribution is 2.33. The average Bonchev–Trinajstić information content (AvgIpc) is 3.33. The van der Waals surface area contributed by atoms with E-state index in [0.717, 1.165) is 41.4 Å². The number of thioether (sulfide) groups is 1. The fourth-order valence-electron chi connectivity index (χ4n) is 5.56. The second-order valence-electron chi connectivity index (χ2n) is 9.95. The number of carbonyl (C=O) groups excluding carboxylic acids is 2. The van der Waals surface area contributed by atoms with Gasteiger partial charge in [-0.3, -0.25) is 9.59 Å². The number of amides is 2. The molecule has 0 saturated carbocycles. The molecule has 1 aromatic heterocycles. The number of hydrogen-bond acceptors (Lipinski definition) is 4. The molecule has 2 amide bonds. The molecular weight excluding hydrogens is 444 g/mol. The van der Waals surface area contributed by atoms with Gasteiger partial charge in [-0.25, -0.2) is 4.98 Å². The Balaban J connectivity index is 1.35. The molecule has 6 nitrogen and oxygen atoms in total. The average molecular weight is 477 g/mol. The van der Waals surface area contributed by atoms with Crippen LogP contribution < -0.4 is 4.90 Å². The summed E-state index contributed by atoms with van der Waals surface area (Å²) in [5.41, 5.74) is 4.02. The van der Waals surface area contributed by atoms with Crippen molar-refractivity contribution in [2.45, 2.75) is 51.4 Å². The number of piperidine rings is 1. The van der Waals surface area contributed by atoms with Crippen LogP contribution >= 0.6 is 11.8 Å². The maximum atomic E-state index is 13.3. The molecule has 7 heteroatoms. The predicted octanol–water partition coefficient (Wildman–Crippen LogP) is 4.61. The summed E-state index contributed by atoms with van der Waals surface area (Å²) >= 11 is 1.42. The van der Waals surface area contributed by atoms with Gasteiger partial charge >= 0.3 is 0 Å². The van der Waals surface area contributed by atoms with Crippen LogP contribution in [0.1, 0.15) is 32.8 Å². The van der Waals surface area contributed by atoms with Crippen LogP contribution in [-0.2, 0) is 22.6 Å². The zero-order valence-electron chi connectivity index (χ0n) is 20.1. The summed E-state index contributed by atoms with van der Waals surface area (Å²) < 4.78 is 1.99. The second kappa shape index (κ2) is 9.45. The van der Waals surface area contributed by atoms with Gasteiger partial charge < -0.3 is 14.4 Å². The third-order valence-electron chi connectivity index (χ3n) is 6.94. The molecule has 2 aromatic carbocycles. The molecule has 0 radical (unpaired) electrons. The summed E-state index contributed by atoms with van der Waals surface area (Å²) in [7, 11) is 0. The molecule has 0 unspecified atom stereocenters. The molecular formula is C27H32N4O2S. The van der Waals surface area contributed by atoms with Crippen molar-refractivity contribution in [3.05, 3.63) is 54.1 Å². The predicted molar refractivity (Wildman–Crippen MR) is 137 cm³/mol. The molecule has 3 atom stereocenters. The van der Waals surface area contributed by atoms with Crippen molar-refractivity contribution in [1.29, 1.82) is 0 Å². The quantitative estimate of drug-likeness (QED) is 0.505. The Morgan fingerprint density at radius 3 is 2.47 bits per heavy atom. The number of carbonyl (C=O) groups is 2. The number of aromatic nitrogens is 2. The van der Waals surface area contributed by atoms with E-state index in [1.54, 1.807) is 0 Å². The van der Waals surface area contributed by atoms with Crippen LogP contribution in [0.15, 0.2) is 53.7 Å². The zero-order chi connectivity index (χ0) is 23.8. The van der Waals surface area contributed by atoms with E-state index in [9.17, 15) is 9.59 Å². The molecule has 0 spiro atoms. The van der Waals surface area contributed by atoms with E-state index in [2.05, 4.69) is 26.8 Å². The lowest BCUT2D eigenvalue weighted by atomic mass is 9.92. The van der Waals surface area contributed by atoms with Gasteiger partial charge in [0.25, 0.3) is 0 Å². The van der Waals surface area contributed by atoms with Crippen molar-refractivity contribution in [2.24, 2.45) is 11.8 Å². The smallest absolute Gasteiger partial charge is 0.242 e. The van der Waals surface area contributed by atoms with Crippen molar-refractivity contribution in [3.63, 3.8) is 0 Å². The fraction of sp³-hybridized carbons (Fsp3) is 0.444. The van der Waals surface area contributed by atoms with E-state index >= 15 is 0 Å². The molecule has 0 N–H and O–H groups in total. The number of fused-ring (bicyclic) bond motifs is 2. The topological polar surface area (TPSA) is 58.4 Å². The molecule has 178 valence electrons. The molecule has 34 heavy (non-hydrogen) atoms. The molecule has 2 aliphatic rings.